The Morgan fingerprint density at radius 3 is 2.23 bits per heavy atom. The molecule has 0 atom stereocenters. The third kappa shape index (κ3) is 3.32. The Morgan fingerprint density at radius 1 is 1.27 bits per heavy atom. The second-order valence-electron chi connectivity index (χ2n) is 6.69. The van der Waals surface area contributed by atoms with Crippen LogP contribution < -0.4 is 10.6 Å². The van der Waals surface area contributed by atoms with Crippen molar-refractivity contribution in [2.24, 2.45) is 11.1 Å². The van der Waals surface area contributed by atoms with Gasteiger partial charge in [-0.25, -0.2) is 0 Å². The molecular formula is C17H18N4O5. The van der Waals surface area contributed by atoms with E-state index in [1.807, 2.05) is 0 Å². The molecule has 0 spiro atoms. The smallest absolute Gasteiger partial charge is 0.269 e. The van der Waals surface area contributed by atoms with Crippen molar-refractivity contribution in [3.05, 3.63) is 57.5 Å². The zero-order valence-corrected chi connectivity index (χ0v) is 14.4. The highest BCUT2D eigenvalue weighted by molar-refractivity contribution is 6.29. The number of carbonyl (C=O) groups excluding carboxylic acids is 2. The Morgan fingerprint density at radius 2 is 1.81 bits per heavy atom. The van der Waals surface area contributed by atoms with E-state index in [4.69, 9.17) is 11.1 Å². The number of anilines is 1. The maximum Gasteiger partial charge on any atom is 0.269 e. The molecule has 1 aliphatic rings. The number of aliphatic hydroxyl groups excluding tert-OH is 1. The lowest BCUT2D eigenvalue weighted by Gasteiger charge is -2.22. The number of ketones is 1. The van der Waals surface area contributed by atoms with Crippen LogP contribution in [0.4, 0.5) is 11.4 Å². The molecule has 1 aromatic rings. The molecular weight excluding hydrogens is 340 g/mol. The molecule has 1 amide bonds. The van der Waals surface area contributed by atoms with E-state index in [0.29, 0.717) is 0 Å². The molecule has 0 fully saturated rings. The fraction of sp³-hybridized carbons (Fsp3) is 0.235. The van der Waals surface area contributed by atoms with E-state index in [2.05, 4.69) is 0 Å². The van der Waals surface area contributed by atoms with Gasteiger partial charge in [0.15, 0.2) is 11.5 Å². The lowest BCUT2D eigenvalue weighted by Crippen LogP contribution is -2.30. The molecule has 136 valence electrons. The Kier molecular flexibility index (Phi) is 4.66. The number of nitrogens with two attached hydrogens (primary N) is 1. The number of primary amides is 1. The number of nitrogens with zero attached hydrogens (tertiary/aromatic N) is 2. The van der Waals surface area contributed by atoms with Crippen molar-refractivity contribution in [3.8, 4) is 0 Å². The van der Waals surface area contributed by atoms with Crippen molar-refractivity contribution in [3.63, 3.8) is 0 Å². The van der Waals surface area contributed by atoms with E-state index in [1.54, 1.807) is 20.8 Å². The van der Waals surface area contributed by atoms with Crippen LogP contribution in [0.15, 0.2) is 47.4 Å². The summed E-state index contributed by atoms with van der Waals surface area (Å²) in [6.07, 6.45) is 1.13. The Balaban J connectivity index is 2.60. The molecule has 9 heteroatoms. The summed E-state index contributed by atoms with van der Waals surface area (Å²) in [6.45, 7) is 5.04. The summed E-state index contributed by atoms with van der Waals surface area (Å²) >= 11 is 0. The molecule has 4 N–H and O–H groups in total. The summed E-state index contributed by atoms with van der Waals surface area (Å²) in [6, 6.07) is 5.12. The summed E-state index contributed by atoms with van der Waals surface area (Å²) in [5.74, 6) is -2.37. The largest absolute Gasteiger partial charge is 0.505 e. The van der Waals surface area contributed by atoms with E-state index >= 15 is 0 Å². The number of nitrogens with one attached hydrogen (secondary N) is 1. The SMILES string of the molecule is CC(C)(C)C(=O)C=C1C(O)=C(C(N)=O)C(=N)N1c1ccc([N+](=O)[O-])cc1. The molecule has 1 aromatic carbocycles. The van der Waals surface area contributed by atoms with Gasteiger partial charge in [0.05, 0.1) is 10.6 Å². The quantitative estimate of drug-likeness (QED) is 0.426. The van der Waals surface area contributed by atoms with Gasteiger partial charge in [0.2, 0.25) is 0 Å². The van der Waals surface area contributed by atoms with Crippen LogP contribution in [0.2, 0.25) is 0 Å². The van der Waals surface area contributed by atoms with Gasteiger partial charge in [-0.05, 0) is 12.1 Å². The highest BCUT2D eigenvalue weighted by Crippen LogP contribution is 2.34. The summed E-state index contributed by atoms with van der Waals surface area (Å²) < 4.78 is 0. The van der Waals surface area contributed by atoms with Crippen molar-refractivity contribution in [1.29, 1.82) is 5.41 Å². The lowest BCUT2D eigenvalue weighted by molar-refractivity contribution is -0.384. The van der Waals surface area contributed by atoms with Gasteiger partial charge in [-0.3, -0.25) is 30.0 Å². The number of amides is 1. The van der Waals surface area contributed by atoms with Crippen LogP contribution >= 0.6 is 0 Å². The first-order chi connectivity index (χ1) is 11.9. The minimum atomic E-state index is -1.02. The van der Waals surface area contributed by atoms with Crippen molar-refractivity contribution >= 4 is 28.9 Å². The molecule has 1 heterocycles. The number of hydrogen-bond acceptors (Lipinski definition) is 6. The maximum absolute atomic E-state index is 12.4. The third-order valence-corrected chi connectivity index (χ3v) is 3.75. The number of benzene rings is 1. The zero-order valence-electron chi connectivity index (χ0n) is 14.4. The maximum atomic E-state index is 12.4. The fourth-order valence-electron chi connectivity index (χ4n) is 2.28. The average Bonchev–Trinajstić information content (AvgIpc) is 2.77. The topological polar surface area (TPSA) is 151 Å². The first-order valence-corrected chi connectivity index (χ1v) is 7.58. The number of carbonyl (C=O) groups is 2. The molecule has 0 unspecified atom stereocenters. The first kappa shape index (κ1) is 18.8. The van der Waals surface area contributed by atoms with Crippen LogP contribution in [0.1, 0.15) is 20.8 Å². The van der Waals surface area contributed by atoms with Gasteiger partial charge in [-0.2, -0.15) is 0 Å². The number of nitro groups is 1. The van der Waals surface area contributed by atoms with Crippen molar-refractivity contribution in [2.75, 3.05) is 4.90 Å². The normalized spacial score (nSPS) is 16.3. The van der Waals surface area contributed by atoms with E-state index in [-0.39, 0.29) is 22.9 Å². The lowest BCUT2D eigenvalue weighted by atomic mass is 9.90. The molecule has 26 heavy (non-hydrogen) atoms. The van der Waals surface area contributed by atoms with Gasteiger partial charge >= 0.3 is 0 Å². The molecule has 0 aromatic heterocycles. The number of non-ortho nitro benzene ring substituents is 1. The van der Waals surface area contributed by atoms with Crippen LogP contribution in [-0.2, 0) is 9.59 Å². The number of amidine groups is 1. The minimum absolute atomic E-state index is 0.0856. The minimum Gasteiger partial charge on any atom is -0.505 e. The number of rotatable bonds is 4. The zero-order chi connectivity index (χ0) is 19.8. The fourth-order valence-corrected chi connectivity index (χ4v) is 2.28. The monoisotopic (exact) mass is 358 g/mol. The number of aliphatic hydroxyl groups is 1. The van der Waals surface area contributed by atoms with Crippen LogP contribution in [0.5, 0.6) is 0 Å². The first-order valence-electron chi connectivity index (χ1n) is 7.58. The predicted octanol–water partition coefficient (Wildman–Crippen LogP) is 2.19. The Hall–Kier alpha value is -3.49. The second kappa shape index (κ2) is 6.43. The van der Waals surface area contributed by atoms with Gasteiger partial charge in [0, 0.05) is 29.3 Å². The number of hydrogen-bond donors (Lipinski definition) is 3. The van der Waals surface area contributed by atoms with E-state index in [0.717, 1.165) is 11.0 Å². The molecule has 0 saturated carbocycles. The van der Waals surface area contributed by atoms with Crippen molar-refractivity contribution in [1.82, 2.24) is 0 Å². The standard InChI is InChI=1S/C17H18N4O5/c1-17(2,3)12(22)8-11-14(23)13(16(19)24)15(18)20(11)9-4-6-10(7-5-9)21(25)26/h4-8,18,23H,1-3H3,(H2,19,24). The predicted molar refractivity (Wildman–Crippen MR) is 94.7 cm³/mol. The van der Waals surface area contributed by atoms with E-state index < -0.39 is 33.4 Å². The van der Waals surface area contributed by atoms with E-state index in [1.165, 1.54) is 24.3 Å². The van der Waals surface area contributed by atoms with Crippen LogP contribution in [-0.4, -0.2) is 27.6 Å². The van der Waals surface area contributed by atoms with Crippen molar-refractivity contribution < 1.29 is 19.6 Å². The van der Waals surface area contributed by atoms with Gasteiger partial charge in [-0.15, -0.1) is 0 Å². The number of nitro benzene ring substituents is 1. The summed E-state index contributed by atoms with van der Waals surface area (Å²) in [4.78, 5) is 35.3. The van der Waals surface area contributed by atoms with Gasteiger partial charge in [-0.1, -0.05) is 20.8 Å². The number of allylic oxidation sites excluding steroid dienone is 1. The summed E-state index contributed by atoms with van der Waals surface area (Å²) in [7, 11) is 0. The molecule has 0 saturated heterocycles. The van der Waals surface area contributed by atoms with Crippen molar-refractivity contribution in [2.45, 2.75) is 20.8 Å². The Labute approximate surface area is 149 Å². The molecule has 9 nitrogen and oxygen atoms in total. The van der Waals surface area contributed by atoms with E-state index in [9.17, 15) is 24.8 Å². The molecule has 2 rings (SSSR count). The highest BCUT2D eigenvalue weighted by Gasteiger charge is 2.37. The van der Waals surface area contributed by atoms with Crippen LogP contribution in [0.3, 0.4) is 0 Å². The summed E-state index contributed by atoms with van der Waals surface area (Å²) in [5, 5.41) is 29.3. The second-order valence-corrected chi connectivity index (χ2v) is 6.69. The van der Waals surface area contributed by atoms with Gasteiger partial charge < -0.3 is 10.8 Å². The van der Waals surface area contributed by atoms with Gasteiger partial charge in [0.1, 0.15) is 11.4 Å². The van der Waals surface area contributed by atoms with Crippen LogP contribution in [0.25, 0.3) is 0 Å². The highest BCUT2D eigenvalue weighted by atomic mass is 16.6. The molecule has 0 aliphatic carbocycles. The third-order valence-electron chi connectivity index (χ3n) is 3.75. The molecule has 1 aliphatic heterocycles. The average molecular weight is 358 g/mol. The molecule has 0 bridgehead atoms. The Bertz CT molecular complexity index is 875. The van der Waals surface area contributed by atoms with Gasteiger partial charge in [0.25, 0.3) is 11.6 Å². The summed E-state index contributed by atoms with van der Waals surface area (Å²) in [5.41, 5.74) is 4.06. The molecule has 0 radical (unpaired) electrons. The van der Waals surface area contributed by atoms with Crippen LogP contribution in [0, 0.1) is 20.9 Å².